The van der Waals surface area contributed by atoms with Gasteiger partial charge >= 0.3 is 5.97 Å². The van der Waals surface area contributed by atoms with Crippen LogP contribution in [-0.4, -0.2) is 11.0 Å². The van der Waals surface area contributed by atoms with Crippen LogP contribution in [0.25, 0.3) is 0 Å². The lowest BCUT2D eigenvalue weighted by Gasteiger charge is -2.12. The summed E-state index contributed by atoms with van der Waals surface area (Å²) in [5.74, 6) is -0.142. The van der Waals surface area contributed by atoms with Crippen LogP contribution in [0.15, 0.2) is 24.5 Å². The number of rotatable bonds is 4. The molecule has 0 saturated carbocycles. The molecule has 0 saturated heterocycles. The van der Waals surface area contributed by atoms with E-state index in [1.807, 2.05) is 26.0 Å². The molecule has 0 fully saturated rings. The molecule has 0 aliphatic heterocycles. The Kier molecular flexibility index (Phi) is 4.11. The number of hydrogen-bond acceptors (Lipinski definition) is 3. The molecule has 3 heteroatoms. The minimum absolute atomic E-state index is 0.142. The van der Waals surface area contributed by atoms with Gasteiger partial charge < -0.3 is 4.74 Å². The standard InChI is InChI=1S/C11H15NO2/c1-3-4-11(13)14-9(2)10-5-7-12-8-6-10/h5-9H,3-4H2,1-2H3/t9-/m1/s1. The van der Waals surface area contributed by atoms with E-state index in [9.17, 15) is 4.79 Å². The van der Waals surface area contributed by atoms with Crippen LogP contribution in [0, 0.1) is 0 Å². The number of pyridine rings is 1. The van der Waals surface area contributed by atoms with E-state index in [1.165, 1.54) is 0 Å². The summed E-state index contributed by atoms with van der Waals surface area (Å²) >= 11 is 0. The molecule has 0 aromatic carbocycles. The van der Waals surface area contributed by atoms with Crippen LogP contribution in [-0.2, 0) is 9.53 Å². The fourth-order valence-electron chi connectivity index (χ4n) is 1.16. The van der Waals surface area contributed by atoms with Gasteiger partial charge in [0.1, 0.15) is 6.10 Å². The Morgan fingerprint density at radius 3 is 2.71 bits per heavy atom. The van der Waals surface area contributed by atoms with Gasteiger partial charge in [-0.15, -0.1) is 0 Å². The molecule has 1 atom stereocenters. The highest BCUT2D eigenvalue weighted by Crippen LogP contribution is 2.15. The first-order chi connectivity index (χ1) is 6.74. The Morgan fingerprint density at radius 1 is 1.50 bits per heavy atom. The number of nitrogens with zero attached hydrogens (tertiary/aromatic N) is 1. The molecule has 0 unspecified atom stereocenters. The highest BCUT2D eigenvalue weighted by molar-refractivity contribution is 5.69. The van der Waals surface area contributed by atoms with Gasteiger partial charge in [-0.1, -0.05) is 6.92 Å². The molecule has 1 aromatic heterocycles. The Labute approximate surface area is 84.1 Å². The van der Waals surface area contributed by atoms with Crippen molar-refractivity contribution in [1.82, 2.24) is 4.98 Å². The summed E-state index contributed by atoms with van der Waals surface area (Å²) in [6.45, 7) is 3.82. The van der Waals surface area contributed by atoms with Crippen molar-refractivity contribution in [2.24, 2.45) is 0 Å². The molecule has 1 aromatic rings. The van der Waals surface area contributed by atoms with Gasteiger partial charge in [0, 0.05) is 18.8 Å². The van der Waals surface area contributed by atoms with Crippen LogP contribution >= 0.6 is 0 Å². The lowest BCUT2D eigenvalue weighted by atomic mass is 10.2. The molecule has 0 aliphatic carbocycles. The minimum Gasteiger partial charge on any atom is -0.458 e. The summed E-state index contributed by atoms with van der Waals surface area (Å²) in [6.07, 6.45) is 4.51. The van der Waals surface area contributed by atoms with Crippen molar-refractivity contribution in [1.29, 1.82) is 0 Å². The third-order valence-corrected chi connectivity index (χ3v) is 1.94. The molecule has 1 heterocycles. The molecular weight excluding hydrogens is 178 g/mol. The van der Waals surface area contributed by atoms with Gasteiger partial charge in [0.25, 0.3) is 0 Å². The largest absolute Gasteiger partial charge is 0.458 e. The minimum atomic E-state index is -0.183. The summed E-state index contributed by atoms with van der Waals surface area (Å²) < 4.78 is 5.21. The Hall–Kier alpha value is -1.38. The molecule has 0 spiro atoms. The quantitative estimate of drug-likeness (QED) is 0.689. The summed E-state index contributed by atoms with van der Waals surface area (Å²) in [7, 11) is 0. The van der Waals surface area contributed by atoms with Gasteiger partial charge in [-0.2, -0.15) is 0 Å². The van der Waals surface area contributed by atoms with Crippen molar-refractivity contribution in [3.63, 3.8) is 0 Å². The fourth-order valence-corrected chi connectivity index (χ4v) is 1.16. The number of esters is 1. The topological polar surface area (TPSA) is 39.2 Å². The predicted octanol–water partition coefficient (Wildman–Crippen LogP) is 2.49. The predicted molar refractivity (Wildman–Crippen MR) is 53.7 cm³/mol. The third-order valence-electron chi connectivity index (χ3n) is 1.94. The highest BCUT2D eigenvalue weighted by atomic mass is 16.5. The fraction of sp³-hybridized carbons (Fsp3) is 0.455. The second-order valence-corrected chi connectivity index (χ2v) is 3.16. The van der Waals surface area contributed by atoms with Gasteiger partial charge in [-0.25, -0.2) is 0 Å². The molecule has 14 heavy (non-hydrogen) atoms. The van der Waals surface area contributed by atoms with Crippen molar-refractivity contribution in [2.45, 2.75) is 32.8 Å². The van der Waals surface area contributed by atoms with Crippen molar-refractivity contribution in [3.8, 4) is 0 Å². The van der Waals surface area contributed by atoms with Gasteiger partial charge in [0.05, 0.1) is 0 Å². The lowest BCUT2D eigenvalue weighted by Crippen LogP contribution is -2.08. The molecule has 0 bridgehead atoms. The van der Waals surface area contributed by atoms with Crippen molar-refractivity contribution in [2.75, 3.05) is 0 Å². The molecular formula is C11H15NO2. The SMILES string of the molecule is CCCC(=O)O[C@H](C)c1ccncc1. The second kappa shape index (κ2) is 5.37. The summed E-state index contributed by atoms with van der Waals surface area (Å²) in [5, 5.41) is 0. The zero-order valence-corrected chi connectivity index (χ0v) is 8.56. The Bertz CT molecular complexity index is 285. The van der Waals surface area contributed by atoms with Crippen LogP contribution < -0.4 is 0 Å². The summed E-state index contributed by atoms with van der Waals surface area (Å²) in [4.78, 5) is 15.1. The van der Waals surface area contributed by atoms with Crippen LogP contribution in [0.3, 0.4) is 0 Å². The van der Waals surface area contributed by atoms with E-state index < -0.39 is 0 Å². The third kappa shape index (κ3) is 3.17. The summed E-state index contributed by atoms with van der Waals surface area (Å²) in [6, 6.07) is 3.70. The van der Waals surface area contributed by atoms with Gasteiger partial charge in [0.2, 0.25) is 0 Å². The van der Waals surface area contributed by atoms with E-state index >= 15 is 0 Å². The molecule has 0 radical (unpaired) electrons. The first-order valence-electron chi connectivity index (χ1n) is 4.83. The van der Waals surface area contributed by atoms with E-state index in [2.05, 4.69) is 4.98 Å². The van der Waals surface area contributed by atoms with E-state index in [0.717, 1.165) is 12.0 Å². The molecule has 0 N–H and O–H groups in total. The van der Waals surface area contributed by atoms with Crippen LogP contribution in [0.2, 0.25) is 0 Å². The van der Waals surface area contributed by atoms with Crippen LogP contribution in [0.1, 0.15) is 38.4 Å². The molecule has 76 valence electrons. The van der Waals surface area contributed by atoms with Crippen LogP contribution in [0.5, 0.6) is 0 Å². The zero-order chi connectivity index (χ0) is 10.4. The van der Waals surface area contributed by atoms with E-state index in [-0.39, 0.29) is 12.1 Å². The monoisotopic (exact) mass is 193 g/mol. The first-order valence-corrected chi connectivity index (χ1v) is 4.83. The van der Waals surface area contributed by atoms with Gasteiger partial charge in [0.15, 0.2) is 0 Å². The maximum absolute atomic E-state index is 11.2. The smallest absolute Gasteiger partial charge is 0.306 e. The molecule has 3 nitrogen and oxygen atoms in total. The maximum atomic E-state index is 11.2. The second-order valence-electron chi connectivity index (χ2n) is 3.16. The number of ether oxygens (including phenoxy) is 1. The van der Waals surface area contributed by atoms with Crippen molar-refractivity contribution >= 4 is 5.97 Å². The molecule has 0 amide bonds. The summed E-state index contributed by atoms with van der Waals surface area (Å²) in [5.41, 5.74) is 0.976. The number of carbonyl (C=O) groups excluding carboxylic acids is 1. The lowest BCUT2D eigenvalue weighted by molar-refractivity contribution is -0.148. The van der Waals surface area contributed by atoms with E-state index in [1.54, 1.807) is 12.4 Å². The van der Waals surface area contributed by atoms with Gasteiger partial charge in [-0.05, 0) is 31.0 Å². The number of hydrogen-bond donors (Lipinski definition) is 0. The molecule has 0 aliphatic rings. The zero-order valence-electron chi connectivity index (χ0n) is 8.56. The Balaban J connectivity index is 2.50. The maximum Gasteiger partial charge on any atom is 0.306 e. The van der Waals surface area contributed by atoms with E-state index in [4.69, 9.17) is 4.74 Å². The normalized spacial score (nSPS) is 12.1. The van der Waals surface area contributed by atoms with Crippen molar-refractivity contribution < 1.29 is 9.53 Å². The van der Waals surface area contributed by atoms with E-state index in [0.29, 0.717) is 6.42 Å². The van der Waals surface area contributed by atoms with Crippen LogP contribution in [0.4, 0.5) is 0 Å². The first kappa shape index (κ1) is 10.7. The van der Waals surface area contributed by atoms with Gasteiger partial charge in [-0.3, -0.25) is 9.78 Å². The average Bonchev–Trinajstić information content (AvgIpc) is 2.19. The number of carbonyl (C=O) groups is 1. The molecule has 1 rings (SSSR count). The average molecular weight is 193 g/mol. The number of aromatic nitrogens is 1. The highest BCUT2D eigenvalue weighted by Gasteiger charge is 2.09. The van der Waals surface area contributed by atoms with Crippen molar-refractivity contribution in [3.05, 3.63) is 30.1 Å². The Morgan fingerprint density at radius 2 is 2.14 bits per heavy atom.